The Morgan fingerprint density at radius 3 is 2.52 bits per heavy atom. The zero-order valence-corrected chi connectivity index (χ0v) is 15.5. The Morgan fingerprint density at radius 1 is 1.11 bits per heavy atom. The SMILES string of the molecule is O=C(CN1C(=O)C(=Cc2ccccc2)SC1=S)NNC(=O)c1ccncc1. The number of carbonyl (C=O) groups excluding carboxylic acids is 3. The molecule has 0 atom stereocenters. The third kappa shape index (κ3) is 4.78. The third-order valence-corrected chi connectivity index (χ3v) is 4.91. The van der Waals surface area contributed by atoms with E-state index in [2.05, 4.69) is 15.8 Å². The average Bonchev–Trinajstić information content (AvgIpc) is 2.95. The standard InChI is InChI=1S/C18H14N4O3S2/c23-15(20-21-16(24)13-6-8-19-9-7-13)11-22-17(25)14(27-18(22)26)10-12-4-2-1-3-5-12/h1-10H,11H2,(H,20,23)(H,21,24). The lowest BCUT2D eigenvalue weighted by atomic mass is 10.2. The molecule has 0 radical (unpaired) electrons. The number of nitrogens with zero attached hydrogens (tertiary/aromatic N) is 2. The second kappa shape index (κ2) is 8.56. The van der Waals surface area contributed by atoms with Gasteiger partial charge in [-0.25, -0.2) is 0 Å². The molecular formula is C18H14N4O3S2. The Hall–Kier alpha value is -3.04. The second-order valence-corrected chi connectivity index (χ2v) is 7.09. The van der Waals surface area contributed by atoms with Crippen LogP contribution in [0.4, 0.5) is 0 Å². The summed E-state index contributed by atoms with van der Waals surface area (Å²) in [6.07, 6.45) is 4.66. The first-order chi connectivity index (χ1) is 13.0. The highest BCUT2D eigenvalue weighted by atomic mass is 32.2. The van der Waals surface area contributed by atoms with Crippen LogP contribution in [-0.2, 0) is 9.59 Å². The molecule has 0 saturated carbocycles. The zero-order valence-electron chi connectivity index (χ0n) is 13.9. The van der Waals surface area contributed by atoms with E-state index in [0.29, 0.717) is 10.5 Å². The van der Waals surface area contributed by atoms with E-state index < -0.39 is 11.8 Å². The average molecular weight is 398 g/mol. The fourth-order valence-electron chi connectivity index (χ4n) is 2.22. The van der Waals surface area contributed by atoms with Gasteiger partial charge in [-0.1, -0.05) is 54.3 Å². The lowest BCUT2D eigenvalue weighted by molar-refractivity contribution is -0.129. The van der Waals surface area contributed by atoms with Crippen molar-refractivity contribution < 1.29 is 14.4 Å². The topological polar surface area (TPSA) is 91.4 Å². The number of benzene rings is 1. The van der Waals surface area contributed by atoms with Gasteiger partial charge in [-0.05, 0) is 23.8 Å². The molecule has 136 valence electrons. The Balaban J connectivity index is 1.58. The van der Waals surface area contributed by atoms with Crippen LogP contribution in [0.2, 0.25) is 0 Å². The molecule has 2 aromatic rings. The molecule has 0 spiro atoms. The number of nitrogens with one attached hydrogen (secondary N) is 2. The maximum Gasteiger partial charge on any atom is 0.269 e. The number of amides is 3. The maximum absolute atomic E-state index is 12.5. The van der Waals surface area contributed by atoms with Crippen molar-refractivity contribution in [2.45, 2.75) is 0 Å². The summed E-state index contributed by atoms with van der Waals surface area (Å²) in [6, 6.07) is 12.4. The van der Waals surface area contributed by atoms with Crippen LogP contribution in [0.3, 0.4) is 0 Å². The highest BCUT2D eigenvalue weighted by Crippen LogP contribution is 2.32. The number of pyridine rings is 1. The van der Waals surface area contributed by atoms with Crippen molar-refractivity contribution in [3.05, 3.63) is 70.9 Å². The van der Waals surface area contributed by atoms with E-state index in [0.717, 1.165) is 17.3 Å². The van der Waals surface area contributed by atoms with Gasteiger partial charge in [0.1, 0.15) is 10.9 Å². The molecule has 1 aliphatic rings. The van der Waals surface area contributed by atoms with Gasteiger partial charge in [0.05, 0.1) is 4.91 Å². The van der Waals surface area contributed by atoms with E-state index in [9.17, 15) is 14.4 Å². The van der Waals surface area contributed by atoms with Crippen LogP contribution >= 0.6 is 24.0 Å². The van der Waals surface area contributed by atoms with Gasteiger partial charge in [0.15, 0.2) is 0 Å². The van der Waals surface area contributed by atoms with Crippen LogP contribution in [0, 0.1) is 0 Å². The van der Waals surface area contributed by atoms with E-state index in [-0.39, 0.29) is 16.8 Å². The number of hydrazine groups is 1. The molecule has 1 aromatic carbocycles. The van der Waals surface area contributed by atoms with Crippen LogP contribution in [0.5, 0.6) is 0 Å². The highest BCUT2D eigenvalue weighted by molar-refractivity contribution is 8.26. The van der Waals surface area contributed by atoms with Gasteiger partial charge in [-0.2, -0.15) is 0 Å². The smallest absolute Gasteiger partial charge is 0.269 e. The molecule has 2 N–H and O–H groups in total. The number of hydrogen-bond acceptors (Lipinski definition) is 6. The summed E-state index contributed by atoms with van der Waals surface area (Å²) in [4.78, 5) is 41.9. The molecule has 1 saturated heterocycles. The van der Waals surface area contributed by atoms with E-state index in [1.165, 1.54) is 29.4 Å². The summed E-state index contributed by atoms with van der Waals surface area (Å²) < 4.78 is 0.290. The van der Waals surface area contributed by atoms with E-state index in [1.54, 1.807) is 6.08 Å². The summed E-state index contributed by atoms with van der Waals surface area (Å²) >= 11 is 6.33. The molecule has 0 unspecified atom stereocenters. The number of carbonyl (C=O) groups is 3. The number of hydrogen-bond donors (Lipinski definition) is 2. The van der Waals surface area contributed by atoms with Gasteiger partial charge in [0.25, 0.3) is 17.7 Å². The van der Waals surface area contributed by atoms with Gasteiger partial charge in [0.2, 0.25) is 0 Å². The number of aromatic nitrogens is 1. The summed E-state index contributed by atoms with van der Waals surface area (Å²) in [5.41, 5.74) is 5.77. The largest absolute Gasteiger partial charge is 0.283 e. The first-order valence-electron chi connectivity index (χ1n) is 7.84. The summed E-state index contributed by atoms with van der Waals surface area (Å²) in [7, 11) is 0. The van der Waals surface area contributed by atoms with Crippen molar-refractivity contribution in [1.82, 2.24) is 20.7 Å². The predicted molar refractivity (Wildman–Crippen MR) is 106 cm³/mol. The van der Waals surface area contributed by atoms with Crippen LogP contribution in [-0.4, -0.2) is 38.5 Å². The molecule has 2 heterocycles. The molecule has 0 bridgehead atoms. The maximum atomic E-state index is 12.5. The molecule has 3 amide bonds. The van der Waals surface area contributed by atoms with Gasteiger partial charge < -0.3 is 0 Å². The van der Waals surface area contributed by atoms with Crippen LogP contribution < -0.4 is 10.9 Å². The van der Waals surface area contributed by atoms with E-state index in [4.69, 9.17) is 12.2 Å². The Labute approximate surface area is 164 Å². The molecule has 1 aliphatic heterocycles. The van der Waals surface area contributed by atoms with Gasteiger partial charge >= 0.3 is 0 Å². The summed E-state index contributed by atoms with van der Waals surface area (Å²) in [6.45, 7) is -0.284. The monoisotopic (exact) mass is 398 g/mol. The second-order valence-electron chi connectivity index (χ2n) is 5.42. The summed E-state index contributed by atoms with van der Waals surface area (Å²) in [5, 5.41) is 0. The number of thiocarbonyl (C=S) groups is 1. The van der Waals surface area contributed by atoms with E-state index in [1.807, 2.05) is 30.3 Å². The number of rotatable bonds is 4. The van der Waals surface area contributed by atoms with Crippen LogP contribution in [0.15, 0.2) is 59.8 Å². The fraction of sp³-hybridized carbons (Fsp3) is 0.0556. The third-order valence-electron chi connectivity index (χ3n) is 3.53. The highest BCUT2D eigenvalue weighted by Gasteiger charge is 2.33. The minimum atomic E-state index is -0.560. The first kappa shape index (κ1) is 18.7. The molecule has 3 rings (SSSR count). The van der Waals surface area contributed by atoms with Gasteiger partial charge in [0, 0.05) is 18.0 Å². The van der Waals surface area contributed by atoms with Crippen molar-refractivity contribution in [3.8, 4) is 0 Å². The lowest BCUT2D eigenvalue weighted by Crippen LogP contribution is -2.47. The quantitative estimate of drug-likeness (QED) is 0.463. The molecule has 7 nitrogen and oxygen atoms in total. The minimum absolute atomic E-state index is 0.284. The van der Waals surface area contributed by atoms with Crippen molar-refractivity contribution in [1.29, 1.82) is 0 Å². The lowest BCUT2D eigenvalue weighted by Gasteiger charge is -2.14. The molecule has 9 heteroatoms. The van der Waals surface area contributed by atoms with Gasteiger partial charge in [-0.3, -0.25) is 35.1 Å². The van der Waals surface area contributed by atoms with E-state index >= 15 is 0 Å². The fourth-order valence-corrected chi connectivity index (χ4v) is 3.48. The molecular weight excluding hydrogens is 384 g/mol. The minimum Gasteiger partial charge on any atom is -0.283 e. The zero-order chi connectivity index (χ0) is 19.2. The molecule has 27 heavy (non-hydrogen) atoms. The first-order valence-corrected chi connectivity index (χ1v) is 9.06. The predicted octanol–water partition coefficient (Wildman–Crippen LogP) is 1.74. The van der Waals surface area contributed by atoms with Crippen LogP contribution in [0.1, 0.15) is 15.9 Å². The molecule has 1 fully saturated rings. The van der Waals surface area contributed by atoms with Crippen molar-refractivity contribution in [2.75, 3.05) is 6.54 Å². The number of thioether (sulfide) groups is 1. The molecule has 1 aromatic heterocycles. The Morgan fingerprint density at radius 2 is 1.81 bits per heavy atom. The van der Waals surface area contributed by atoms with Crippen molar-refractivity contribution in [3.63, 3.8) is 0 Å². The summed E-state index contributed by atoms with van der Waals surface area (Å²) in [5.74, 6) is -1.39. The van der Waals surface area contributed by atoms with Gasteiger partial charge in [-0.15, -0.1) is 0 Å². The normalized spacial score (nSPS) is 15.1. The van der Waals surface area contributed by atoms with Crippen molar-refractivity contribution in [2.24, 2.45) is 0 Å². The molecule has 0 aliphatic carbocycles. The van der Waals surface area contributed by atoms with Crippen molar-refractivity contribution >= 4 is 52.1 Å². The Bertz CT molecular complexity index is 917. The Kier molecular flexibility index (Phi) is 5.94. The van der Waals surface area contributed by atoms with Crippen LogP contribution in [0.25, 0.3) is 6.08 Å².